The Hall–Kier alpha value is -3.56. The number of nitrogens with zero attached hydrogens (tertiary/aromatic N) is 1. The molecule has 0 aliphatic heterocycles. The van der Waals surface area contributed by atoms with Crippen molar-refractivity contribution in [3.8, 4) is 0 Å². The number of aliphatic hydroxyl groups is 2. The topological polar surface area (TPSA) is 136 Å². The summed E-state index contributed by atoms with van der Waals surface area (Å²) < 4.78 is 14.1. The minimum atomic E-state index is -1.31. The van der Waals surface area contributed by atoms with Crippen molar-refractivity contribution in [2.75, 3.05) is 0 Å². The summed E-state index contributed by atoms with van der Waals surface area (Å²) in [7, 11) is 0. The van der Waals surface area contributed by atoms with Crippen LogP contribution in [0.25, 0.3) is 9.65 Å². The van der Waals surface area contributed by atoms with E-state index in [9.17, 15) is 29.4 Å². The van der Waals surface area contributed by atoms with E-state index in [1.54, 1.807) is 16.6 Å². The van der Waals surface area contributed by atoms with Crippen molar-refractivity contribution in [2.24, 2.45) is 28.6 Å². The number of ketones is 1. The average molecular weight is 745 g/mol. The molecule has 10 heteroatoms. The Kier molecular flexibility index (Phi) is 8.25. The molecular formula is C40H43NO8Se. The molecule has 4 aromatic rings. The minimum absolute atomic E-state index is 0.0840. The standard InChI is InChI=1S/C40H43NO8Se/c1-38-18-16-26(49-37(46)30(20-23-8-4-3-5-9-23)41-36(45)27-10-6-7-11-31(27)50-41)21-25(38)13-14-29-33(38)34(43)35(44)39(2)28(17-19-40(29,39)47)24-12-15-32(42)48-22-24/h3-12,15,22,25-26,28-30,33-34,43,47H,13-14,16-21H2,1-2H3/t25-,26+,28-,29-,30+,33-,34+,38+,39+,40+/m1/s1. The first-order chi connectivity index (χ1) is 24.0. The molecular weight excluding hydrogens is 701 g/mol. The molecule has 4 fully saturated rings. The van der Waals surface area contributed by atoms with Gasteiger partial charge >= 0.3 is 245 Å². The van der Waals surface area contributed by atoms with Crippen molar-refractivity contribution >= 4 is 36.1 Å². The molecule has 0 saturated heterocycles. The zero-order chi connectivity index (χ0) is 35.0. The van der Waals surface area contributed by atoms with Crippen LogP contribution in [-0.2, 0) is 20.7 Å². The molecule has 8 rings (SSSR count). The number of carbonyl (C=O) groups is 2. The van der Waals surface area contributed by atoms with Gasteiger partial charge in [0.15, 0.2) is 0 Å². The average Bonchev–Trinajstić information content (AvgIpc) is 3.60. The van der Waals surface area contributed by atoms with Gasteiger partial charge in [-0.1, -0.05) is 0 Å². The van der Waals surface area contributed by atoms with E-state index in [0.29, 0.717) is 55.9 Å². The molecule has 4 aliphatic carbocycles. The molecule has 2 N–H and O–H groups in total. The number of aliphatic hydroxyl groups excluding tert-OH is 1. The van der Waals surface area contributed by atoms with Crippen LogP contribution < -0.4 is 11.2 Å². The number of esters is 1. The van der Waals surface area contributed by atoms with Gasteiger partial charge in [-0.3, -0.25) is 0 Å². The monoisotopic (exact) mass is 745 g/mol. The summed E-state index contributed by atoms with van der Waals surface area (Å²) in [6.45, 7) is 3.94. The van der Waals surface area contributed by atoms with Gasteiger partial charge in [-0.25, -0.2) is 4.79 Å². The Bertz CT molecular complexity index is 2050. The Morgan fingerprint density at radius 3 is 2.48 bits per heavy atom. The molecule has 2 heterocycles. The van der Waals surface area contributed by atoms with E-state index in [1.807, 2.05) is 54.6 Å². The third-order valence-corrected chi connectivity index (χ3v) is 15.9. The van der Waals surface area contributed by atoms with Crippen LogP contribution in [0.3, 0.4) is 0 Å². The summed E-state index contributed by atoms with van der Waals surface area (Å²) in [6, 6.07) is 19.5. The van der Waals surface area contributed by atoms with Crippen molar-refractivity contribution < 1.29 is 29.0 Å². The zero-order valence-corrected chi connectivity index (χ0v) is 30.0. The predicted octanol–water partition coefficient (Wildman–Crippen LogP) is 4.80. The second-order valence-corrected chi connectivity index (χ2v) is 17.7. The van der Waals surface area contributed by atoms with Gasteiger partial charge < -0.3 is 4.42 Å². The predicted molar refractivity (Wildman–Crippen MR) is 187 cm³/mol. The quantitative estimate of drug-likeness (QED) is 0.213. The van der Waals surface area contributed by atoms with Crippen LogP contribution >= 0.6 is 0 Å². The third kappa shape index (κ3) is 5.01. The van der Waals surface area contributed by atoms with E-state index in [0.717, 1.165) is 16.2 Å². The van der Waals surface area contributed by atoms with Crippen LogP contribution in [0.1, 0.15) is 81.9 Å². The molecule has 0 spiro atoms. The van der Waals surface area contributed by atoms with Crippen molar-refractivity contribution in [1.82, 2.24) is 3.56 Å². The molecule has 4 saturated carbocycles. The second-order valence-electron chi connectivity index (χ2n) is 15.6. The van der Waals surface area contributed by atoms with Gasteiger partial charge in [0, 0.05) is 12.0 Å². The fourth-order valence-electron chi connectivity index (χ4n) is 10.8. The number of hydrogen-bond donors (Lipinski definition) is 2. The van der Waals surface area contributed by atoms with E-state index in [-0.39, 0.29) is 49.9 Å². The first-order valence-electron chi connectivity index (χ1n) is 17.8. The third-order valence-electron chi connectivity index (χ3n) is 13.4. The van der Waals surface area contributed by atoms with Gasteiger partial charge in [0.25, 0.3) is 0 Å². The molecule has 0 amide bonds. The zero-order valence-electron chi connectivity index (χ0n) is 28.3. The fourth-order valence-corrected chi connectivity index (χ4v) is 13.0. The first kappa shape index (κ1) is 33.6. The number of aromatic nitrogens is 1. The van der Waals surface area contributed by atoms with Gasteiger partial charge in [-0.2, -0.15) is 0 Å². The Morgan fingerprint density at radius 2 is 1.74 bits per heavy atom. The summed E-state index contributed by atoms with van der Waals surface area (Å²) in [5, 5.41) is 25.1. The molecule has 2 aromatic carbocycles. The summed E-state index contributed by atoms with van der Waals surface area (Å²) in [5.74, 6) is -1.73. The van der Waals surface area contributed by atoms with Crippen LogP contribution in [0, 0.1) is 28.6 Å². The van der Waals surface area contributed by atoms with Gasteiger partial charge in [0.2, 0.25) is 0 Å². The van der Waals surface area contributed by atoms with Crippen LogP contribution in [-0.4, -0.2) is 58.1 Å². The summed E-state index contributed by atoms with van der Waals surface area (Å²) in [6.07, 6.45) is 4.39. The SMILES string of the molecule is C[C@]12CC[C@H](OC(=O)[C@H](Cc3ccccc3)n3[se]c4ccccc4c3=O)C[C@H]1CC[C@@H]1[C@@H]2[C@H](O)C(=O)[C@]2(C)[C@@H](c3ccc(=O)oc3)CC[C@]12O. The molecule has 0 radical (unpaired) electrons. The number of fused-ring (bicyclic) bond motifs is 6. The van der Waals surface area contributed by atoms with Crippen LogP contribution in [0.4, 0.5) is 0 Å². The van der Waals surface area contributed by atoms with E-state index in [4.69, 9.17) is 9.15 Å². The molecule has 262 valence electrons. The normalized spacial score (nSPS) is 35.6. The van der Waals surface area contributed by atoms with Crippen LogP contribution in [0.5, 0.6) is 0 Å². The van der Waals surface area contributed by atoms with E-state index < -0.39 is 46.1 Å². The van der Waals surface area contributed by atoms with Crippen molar-refractivity contribution in [3.05, 3.63) is 105 Å². The maximum absolute atomic E-state index is 14.3. The molecule has 10 atom stereocenters. The van der Waals surface area contributed by atoms with E-state index >= 15 is 0 Å². The summed E-state index contributed by atoms with van der Waals surface area (Å²) >= 11 is -0.346. The Balaban J connectivity index is 1.04. The molecule has 2 aromatic heterocycles. The van der Waals surface area contributed by atoms with Crippen LogP contribution in [0.15, 0.2) is 87.0 Å². The van der Waals surface area contributed by atoms with Crippen molar-refractivity contribution in [3.63, 3.8) is 0 Å². The second kappa shape index (κ2) is 12.3. The van der Waals surface area contributed by atoms with Gasteiger partial charge in [-0.05, 0) is 25.0 Å². The number of benzene rings is 2. The van der Waals surface area contributed by atoms with E-state index in [2.05, 4.69) is 6.92 Å². The number of ether oxygens (including phenoxy) is 1. The van der Waals surface area contributed by atoms with Crippen LogP contribution in [0.2, 0.25) is 0 Å². The molecule has 50 heavy (non-hydrogen) atoms. The maximum atomic E-state index is 14.3. The number of rotatable bonds is 6. The van der Waals surface area contributed by atoms with Crippen molar-refractivity contribution in [1.29, 1.82) is 0 Å². The fraction of sp³-hybridized carbons (Fsp3) is 0.500. The Labute approximate surface area is 296 Å². The summed E-state index contributed by atoms with van der Waals surface area (Å²) in [5.41, 5.74) is -1.93. The van der Waals surface area contributed by atoms with E-state index in [1.165, 1.54) is 12.3 Å². The van der Waals surface area contributed by atoms with Crippen molar-refractivity contribution in [2.45, 2.75) is 95.0 Å². The molecule has 0 bridgehead atoms. The number of Topliss-reactive ketones (excluding diaryl/α,β-unsaturated/α-hetero) is 1. The first-order valence-corrected chi connectivity index (χ1v) is 19.5. The van der Waals surface area contributed by atoms with Gasteiger partial charge in [-0.15, -0.1) is 0 Å². The summed E-state index contributed by atoms with van der Waals surface area (Å²) in [4.78, 5) is 53.6. The molecule has 4 aliphatic rings. The molecule has 9 nitrogen and oxygen atoms in total. The number of hydrogen-bond acceptors (Lipinski definition) is 8. The van der Waals surface area contributed by atoms with Gasteiger partial charge in [0.1, 0.15) is 0 Å². The number of carbonyl (C=O) groups excluding carboxylic acids is 2. The molecule has 0 unspecified atom stereocenters. The van der Waals surface area contributed by atoms with Gasteiger partial charge in [0.05, 0.1) is 6.26 Å². The Morgan fingerprint density at radius 1 is 0.980 bits per heavy atom.